The van der Waals surface area contributed by atoms with Crippen LogP contribution in [0.1, 0.15) is 21.6 Å². The molecule has 0 amide bonds. The number of nitriles is 1. The van der Waals surface area contributed by atoms with Gasteiger partial charge in [-0.15, -0.1) is 0 Å². The van der Waals surface area contributed by atoms with Gasteiger partial charge in [0.05, 0.1) is 24.6 Å². The summed E-state index contributed by atoms with van der Waals surface area (Å²) in [5, 5.41) is 18.8. The van der Waals surface area contributed by atoms with Crippen LogP contribution in [0.25, 0.3) is 11.4 Å². The topological polar surface area (TPSA) is 78.9 Å². The smallest absolute Gasteiger partial charge is 0.186 e. The van der Waals surface area contributed by atoms with Crippen molar-refractivity contribution in [3.8, 4) is 23.2 Å². The van der Waals surface area contributed by atoms with E-state index < -0.39 is 0 Å². The molecule has 5 nitrogen and oxygen atoms in total. The van der Waals surface area contributed by atoms with Gasteiger partial charge in [0, 0.05) is 17.5 Å². The SMILES string of the molecule is Cc1nc2n(CC(=O)c3ccccc3O)cccc-2c1CC#N. The lowest BCUT2D eigenvalue weighted by atomic mass is 10.1. The van der Waals surface area contributed by atoms with E-state index in [9.17, 15) is 9.90 Å². The lowest BCUT2D eigenvalue weighted by Gasteiger charge is -2.11. The number of rotatable bonds is 4. The van der Waals surface area contributed by atoms with Crippen molar-refractivity contribution >= 4 is 5.78 Å². The molecule has 0 bridgehead atoms. The quantitative estimate of drug-likeness (QED) is 0.752. The lowest BCUT2D eigenvalue weighted by Crippen LogP contribution is -2.13. The maximum Gasteiger partial charge on any atom is 0.186 e. The van der Waals surface area contributed by atoms with E-state index >= 15 is 0 Å². The standard InChI is InChI=1S/C18H15N3O2/c1-12-13(8-9-19)14-6-4-10-21(18(14)20-12)11-17(23)15-5-2-3-7-16(15)22/h2-7,10,22H,8,11H2,1H3. The van der Waals surface area contributed by atoms with Gasteiger partial charge in [0.2, 0.25) is 0 Å². The lowest BCUT2D eigenvalue weighted by molar-refractivity contribution is 0.0969. The van der Waals surface area contributed by atoms with Gasteiger partial charge in [-0.05, 0) is 36.8 Å². The summed E-state index contributed by atoms with van der Waals surface area (Å²) in [6.45, 7) is 1.94. The molecule has 0 aliphatic carbocycles. The van der Waals surface area contributed by atoms with Gasteiger partial charge in [0.25, 0.3) is 0 Å². The van der Waals surface area contributed by atoms with E-state index in [-0.39, 0.29) is 23.6 Å². The Kier molecular flexibility index (Phi) is 3.82. The molecule has 0 spiro atoms. The van der Waals surface area contributed by atoms with Gasteiger partial charge < -0.3 is 9.67 Å². The number of nitrogens with zero attached hydrogens (tertiary/aromatic N) is 3. The van der Waals surface area contributed by atoms with E-state index in [1.807, 2.05) is 19.1 Å². The third-order valence-corrected chi connectivity index (χ3v) is 3.85. The minimum absolute atomic E-state index is 0.0258. The van der Waals surface area contributed by atoms with Crippen LogP contribution in [-0.4, -0.2) is 20.4 Å². The number of pyridine rings is 1. The number of carbonyl (C=O) groups is 1. The predicted molar refractivity (Wildman–Crippen MR) is 85.3 cm³/mol. The minimum atomic E-state index is -0.192. The molecule has 0 unspecified atom stereocenters. The number of aryl methyl sites for hydroxylation is 1. The molecule has 2 heterocycles. The molecule has 0 radical (unpaired) electrons. The molecule has 2 aliphatic rings. The molecule has 23 heavy (non-hydrogen) atoms. The maximum atomic E-state index is 12.4. The van der Waals surface area contributed by atoms with E-state index in [2.05, 4.69) is 11.1 Å². The van der Waals surface area contributed by atoms with Crippen LogP contribution in [0, 0.1) is 18.3 Å². The van der Waals surface area contributed by atoms with Gasteiger partial charge in [0.15, 0.2) is 5.78 Å². The van der Waals surface area contributed by atoms with Crippen molar-refractivity contribution in [1.82, 2.24) is 9.55 Å². The third-order valence-electron chi connectivity index (χ3n) is 3.85. The molecule has 0 atom stereocenters. The summed E-state index contributed by atoms with van der Waals surface area (Å²) in [6, 6.07) is 12.4. The van der Waals surface area contributed by atoms with Crippen molar-refractivity contribution in [3.63, 3.8) is 0 Å². The highest BCUT2D eigenvalue weighted by Gasteiger charge is 2.19. The summed E-state index contributed by atoms with van der Waals surface area (Å²) in [7, 11) is 0. The maximum absolute atomic E-state index is 12.4. The van der Waals surface area contributed by atoms with Crippen LogP contribution in [0.5, 0.6) is 5.75 Å². The van der Waals surface area contributed by atoms with Gasteiger partial charge in [-0.25, -0.2) is 4.98 Å². The Balaban J connectivity index is 1.97. The molecule has 0 aromatic heterocycles. The van der Waals surface area contributed by atoms with E-state index in [1.165, 1.54) is 6.07 Å². The molecular weight excluding hydrogens is 290 g/mol. The number of hydrogen-bond acceptors (Lipinski definition) is 4. The normalized spacial score (nSPS) is 10.6. The average Bonchev–Trinajstić information content (AvgIpc) is 2.85. The number of para-hydroxylation sites is 1. The number of benzene rings is 1. The number of phenolic OH excluding ortho intramolecular Hbond substituents is 1. The molecule has 5 heteroatoms. The van der Waals surface area contributed by atoms with Crippen molar-refractivity contribution < 1.29 is 9.90 Å². The van der Waals surface area contributed by atoms with Crippen LogP contribution in [0.2, 0.25) is 0 Å². The van der Waals surface area contributed by atoms with Crippen LogP contribution >= 0.6 is 0 Å². The number of carbonyl (C=O) groups excluding carboxylic acids is 1. The number of ketones is 1. The first kappa shape index (κ1) is 14.8. The fraction of sp³-hybridized carbons (Fsp3) is 0.167. The Labute approximate surface area is 133 Å². The largest absolute Gasteiger partial charge is 0.507 e. The highest BCUT2D eigenvalue weighted by Crippen LogP contribution is 2.29. The fourth-order valence-electron chi connectivity index (χ4n) is 2.70. The highest BCUT2D eigenvalue weighted by atomic mass is 16.3. The number of phenols is 1. The zero-order chi connectivity index (χ0) is 16.4. The molecule has 1 N–H and O–H groups in total. The van der Waals surface area contributed by atoms with Crippen molar-refractivity contribution in [2.24, 2.45) is 0 Å². The molecule has 0 saturated heterocycles. The van der Waals surface area contributed by atoms with Crippen LogP contribution in [0.4, 0.5) is 0 Å². The zero-order valence-corrected chi connectivity index (χ0v) is 12.7. The Morgan fingerprint density at radius 1 is 1.30 bits per heavy atom. The molecule has 0 fully saturated rings. The molecule has 0 saturated carbocycles. The second-order valence-corrected chi connectivity index (χ2v) is 5.32. The first-order valence-corrected chi connectivity index (χ1v) is 7.24. The summed E-state index contributed by atoms with van der Waals surface area (Å²) >= 11 is 0. The first-order chi connectivity index (χ1) is 11.1. The molecule has 1 aromatic carbocycles. The summed E-state index contributed by atoms with van der Waals surface area (Å²) in [4.78, 5) is 16.9. The Morgan fingerprint density at radius 2 is 2.09 bits per heavy atom. The third kappa shape index (κ3) is 2.67. The average molecular weight is 305 g/mol. The van der Waals surface area contributed by atoms with Gasteiger partial charge in [0.1, 0.15) is 11.6 Å². The van der Waals surface area contributed by atoms with Crippen LogP contribution in [-0.2, 0) is 13.0 Å². The van der Waals surface area contributed by atoms with Crippen molar-refractivity contribution in [2.45, 2.75) is 19.9 Å². The number of fused-ring (bicyclic) bond motifs is 1. The highest BCUT2D eigenvalue weighted by molar-refractivity contribution is 5.98. The second kappa shape index (κ2) is 5.93. The summed E-state index contributed by atoms with van der Waals surface area (Å²) in [5.74, 6) is 0.462. The van der Waals surface area contributed by atoms with Crippen molar-refractivity contribution in [1.29, 1.82) is 5.26 Å². The number of aromatic hydroxyl groups is 1. The molecule has 3 rings (SSSR count). The van der Waals surface area contributed by atoms with E-state index in [1.54, 1.807) is 29.0 Å². The second-order valence-electron chi connectivity index (χ2n) is 5.32. The Hall–Kier alpha value is -3.13. The van der Waals surface area contributed by atoms with Crippen LogP contribution in [0.3, 0.4) is 0 Å². The monoisotopic (exact) mass is 305 g/mol. The summed E-state index contributed by atoms with van der Waals surface area (Å²) < 4.78 is 1.75. The van der Waals surface area contributed by atoms with Gasteiger partial charge in [-0.3, -0.25) is 4.79 Å². The minimum Gasteiger partial charge on any atom is -0.507 e. The molecule has 2 aliphatic heterocycles. The number of hydrogen-bond donors (Lipinski definition) is 1. The molecule has 1 aromatic rings. The Bertz CT molecular complexity index is 890. The van der Waals surface area contributed by atoms with Crippen LogP contribution in [0.15, 0.2) is 42.6 Å². The zero-order valence-electron chi connectivity index (χ0n) is 12.7. The van der Waals surface area contributed by atoms with Gasteiger partial charge >= 0.3 is 0 Å². The first-order valence-electron chi connectivity index (χ1n) is 7.24. The van der Waals surface area contributed by atoms with E-state index in [0.29, 0.717) is 12.2 Å². The molecule has 114 valence electrons. The van der Waals surface area contributed by atoms with Crippen molar-refractivity contribution in [2.75, 3.05) is 0 Å². The molecular formula is C18H15N3O2. The number of aromatic nitrogens is 2. The van der Waals surface area contributed by atoms with E-state index in [0.717, 1.165) is 16.8 Å². The van der Waals surface area contributed by atoms with E-state index in [4.69, 9.17) is 5.26 Å². The van der Waals surface area contributed by atoms with Crippen LogP contribution < -0.4 is 0 Å². The van der Waals surface area contributed by atoms with Gasteiger partial charge in [-0.1, -0.05) is 12.1 Å². The van der Waals surface area contributed by atoms with Gasteiger partial charge in [-0.2, -0.15) is 5.26 Å². The number of Topliss-reactive ketones (excluding diaryl/α,β-unsaturated/α-hetero) is 1. The van der Waals surface area contributed by atoms with Crippen molar-refractivity contribution in [3.05, 3.63) is 59.4 Å². The summed E-state index contributed by atoms with van der Waals surface area (Å²) in [5.41, 5.74) is 2.87. The predicted octanol–water partition coefficient (Wildman–Crippen LogP) is 2.95. The Morgan fingerprint density at radius 3 is 2.83 bits per heavy atom. The summed E-state index contributed by atoms with van der Waals surface area (Å²) in [6.07, 6.45) is 2.07. The fourth-order valence-corrected chi connectivity index (χ4v) is 2.70.